The fourth-order valence-corrected chi connectivity index (χ4v) is 2.35. The number of piperidine rings is 1. The zero-order valence-electron chi connectivity index (χ0n) is 12.8. The quantitative estimate of drug-likeness (QED) is 0.868. The van der Waals surface area contributed by atoms with Crippen molar-refractivity contribution in [1.29, 1.82) is 0 Å². The summed E-state index contributed by atoms with van der Waals surface area (Å²) in [6.07, 6.45) is 3.23. The number of H-pyrrole nitrogens is 1. The van der Waals surface area contributed by atoms with Crippen molar-refractivity contribution in [2.75, 3.05) is 13.1 Å². The van der Waals surface area contributed by atoms with Crippen molar-refractivity contribution in [3.8, 4) is 0 Å². The number of nitrogens with one attached hydrogen (secondary N) is 2. The first kappa shape index (κ1) is 15.5. The monoisotopic (exact) mass is 293 g/mol. The zero-order valence-corrected chi connectivity index (χ0v) is 12.8. The molecule has 0 spiro atoms. The molecule has 0 aromatic carbocycles. The molecule has 1 aromatic heterocycles. The molecule has 2 rings (SSSR count). The van der Waals surface area contributed by atoms with Gasteiger partial charge in [-0.25, -0.2) is 4.98 Å². The molecule has 1 unspecified atom stereocenters. The molecule has 21 heavy (non-hydrogen) atoms. The zero-order chi connectivity index (χ0) is 15.4. The molecule has 116 valence electrons. The Kier molecular flexibility index (Phi) is 4.93. The van der Waals surface area contributed by atoms with Gasteiger partial charge in [-0.3, -0.25) is 14.7 Å². The summed E-state index contributed by atoms with van der Waals surface area (Å²) in [5, 5.41) is 9.29. The van der Waals surface area contributed by atoms with Crippen LogP contribution in [0.25, 0.3) is 0 Å². The lowest BCUT2D eigenvalue weighted by Gasteiger charge is -2.29. The van der Waals surface area contributed by atoms with E-state index >= 15 is 0 Å². The highest BCUT2D eigenvalue weighted by Gasteiger charge is 2.25. The molecule has 1 aromatic rings. The maximum Gasteiger partial charge on any atom is 0.291 e. The fraction of sp³-hybridized carbons (Fsp3) is 0.714. The van der Waals surface area contributed by atoms with Crippen molar-refractivity contribution in [1.82, 2.24) is 25.4 Å². The average molecular weight is 293 g/mol. The maximum atomic E-state index is 12.2. The number of amides is 2. The van der Waals surface area contributed by atoms with E-state index < -0.39 is 11.9 Å². The lowest BCUT2D eigenvalue weighted by molar-refractivity contribution is -0.133. The van der Waals surface area contributed by atoms with E-state index in [0.717, 1.165) is 25.9 Å². The van der Waals surface area contributed by atoms with E-state index in [4.69, 9.17) is 0 Å². The summed E-state index contributed by atoms with van der Waals surface area (Å²) in [4.78, 5) is 30.2. The molecule has 1 aliphatic heterocycles. The third kappa shape index (κ3) is 3.80. The topological polar surface area (TPSA) is 91.0 Å². The average Bonchev–Trinajstić information content (AvgIpc) is 2.97. The Hall–Kier alpha value is -1.92. The second-order valence-electron chi connectivity index (χ2n) is 5.78. The van der Waals surface area contributed by atoms with Gasteiger partial charge in [0, 0.05) is 19.0 Å². The minimum absolute atomic E-state index is 0.0392. The van der Waals surface area contributed by atoms with E-state index in [1.165, 1.54) is 6.42 Å². The number of hydrogen-bond donors (Lipinski definition) is 2. The summed E-state index contributed by atoms with van der Waals surface area (Å²) in [5.41, 5.74) is 0. The Morgan fingerprint density at radius 3 is 2.43 bits per heavy atom. The number of aromatic amines is 1. The first-order valence-electron chi connectivity index (χ1n) is 7.51. The lowest BCUT2D eigenvalue weighted by atomic mass is 10.1. The Morgan fingerprint density at radius 1 is 1.19 bits per heavy atom. The second-order valence-corrected chi connectivity index (χ2v) is 5.78. The number of carbonyl (C=O) groups is 2. The van der Waals surface area contributed by atoms with Crippen LogP contribution in [0.4, 0.5) is 0 Å². The van der Waals surface area contributed by atoms with E-state index in [2.05, 4.69) is 20.5 Å². The summed E-state index contributed by atoms with van der Waals surface area (Å²) < 4.78 is 0. The molecule has 0 radical (unpaired) electrons. The Morgan fingerprint density at radius 2 is 1.86 bits per heavy atom. The van der Waals surface area contributed by atoms with E-state index in [0.29, 0.717) is 5.82 Å². The van der Waals surface area contributed by atoms with Crippen LogP contribution in [0, 0.1) is 0 Å². The minimum Gasteiger partial charge on any atom is -0.341 e. The third-order valence-electron chi connectivity index (χ3n) is 3.64. The van der Waals surface area contributed by atoms with Gasteiger partial charge in [-0.1, -0.05) is 13.8 Å². The smallest absolute Gasteiger partial charge is 0.291 e. The standard InChI is InChI=1S/C14H23N5O2/c1-9(2)11-16-12(18-17-11)13(20)15-10(3)14(21)19-7-5-4-6-8-19/h9-10H,4-8H2,1-3H3,(H,15,20)(H,16,17,18). The van der Waals surface area contributed by atoms with Crippen molar-refractivity contribution in [2.45, 2.75) is 52.0 Å². The van der Waals surface area contributed by atoms with Crippen LogP contribution < -0.4 is 5.32 Å². The van der Waals surface area contributed by atoms with Crippen molar-refractivity contribution in [3.63, 3.8) is 0 Å². The summed E-state index contributed by atoms with van der Waals surface area (Å²) in [6.45, 7) is 7.18. The Bertz CT molecular complexity index is 505. The Balaban J connectivity index is 1.92. The SMILES string of the molecule is CC(NC(=O)c1n[nH]c(C(C)C)n1)C(=O)N1CCCCC1. The van der Waals surface area contributed by atoms with Gasteiger partial charge in [0.25, 0.3) is 5.91 Å². The minimum atomic E-state index is -0.559. The first-order chi connectivity index (χ1) is 9.99. The molecule has 0 aliphatic carbocycles. The van der Waals surface area contributed by atoms with Gasteiger partial charge in [-0.2, -0.15) is 0 Å². The van der Waals surface area contributed by atoms with Gasteiger partial charge in [0.15, 0.2) is 0 Å². The number of hydrogen-bond acceptors (Lipinski definition) is 4. The number of rotatable bonds is 4. The van der Waals surface area contributed by atoms with Crippen LogP contribution in [0.1, 0.15) is 62.4 Å². The second kappa shape index (κ2) is 6.69. The molecule has 7 heteroatoms. The molecule has 2 amide bonds. The highest BCUT2D eigenvalue weighted by Crippen LogP contribution is 2.10. The van der Waals surface area contributed by atoms with Gasteiger partial charge in [0.1, 0.15) is 11.9 Å². The number of nitrogens with zero attached hydrogens (tertiary/aromatic N) is 3. The molecule has 0 saturated carbocycles. The van der Waals surface area contributed by atoms with Crippen molar-refractivity contribution >= 4 is 11.8 Å². The number of carbonyl (C=O) groups excluding carboxylic acids is 2. The van der Waals surface area contributed by atoms with E-state index in [9.17, 15) is 9.59 Å². The summed E-state index contributed by atoms with van der Waals surface area (Å²) in [5.74, 6) is 0.456. The van der Waals surface area contributed by atoms with E-state index in [-0.39, 0.29) is 17.6 Å². The highest BCUT2D eigenvalue weighted by atomic mass is 16.2. The van der Waals surface area contributed by atoms with Crippen molar-refractivity contribution in [3.05, 3.63) is 11.6 Å². The molecular weight excluding hydrogens is 270 g/mol. The predicted octanol–water partition coefficient (Wildman–Crippen LogP) is 1.06. The van der Waals surface area contributed by atoms with Gasteiger partial charge in [0.2, 0.25) is 11.7 Å². The molecule has 7 nitrogen and oxygen atoms in total. The maximum absolute atomic E-state index is 12.2. The van der Waals surface area contributed by atoms with Crippen LogP contribution in [0.5, 0.6) is 0 Å². The van der Waals surface area contributed by atoms with Crippen LogP contribution in [0.2, 0.25) is 0 Å². The lowest BCUT2D eigenvalue weighted by Crippen LogP contribution is -2.48. The molecule has 2 heterocycles. The van der Waals surface area contributed by atoms with Gasteiger partial charge in [-0.15, -0.1) is 5.10 Å². The number of aromatic nitrogens is 3. The molecule has 0 bridgehead atoms. The fourth-order valence-electron chi connectivity index (χ4n) is 2.35. The summed E-state index contributed by atoms with van der Waals surface area (Å²) in [6, 6.07) is -0.559. The van der Waals surface area contributed by atoms with Gasteiger partial charge in [-0.05, 0) is 26.2 Å². The molecule has 2 N–H and O–H groups in total. The normalized spacial score (nSPS) is 16.9. The van der Waals surface area contributed by atoms with Gasteiger partial charge < -0.3 is 10.2 Å². The largest absolute Gasteiger partial charge is 0.341 e. The highest BCUT2D eigenvalue weighted by molar-refractivity contribution is 5.94. The summed E-state index contributed by atoms with van der Waals surface area (Å²) in [7, 11) is 0. The molecule has 1 aliphatic rings. The van der Waals surface area contributed by atoms with Crippen LogP contribution >= 0.6 is 0 Å². The van der Waals surface area contributed by atoms with E-state index in [1.807, 2.05) is 18.7 Å². The van der Waals surface area contributed by atoms with E-state index in [1.54, 1.807) is 6.92 Å². The van der Waals surface area contributed by atoms with Crippen molar-refractivity contribution < 1.29 is 9.59 Å². The van der Waals surface area contributed by atoms with Crippen LogP contribution in [-0.2, 0) is 4.79 Å². The molecular formula is C14H23N5O2. The predicted molar refractivity (Wildman–Crippen MR) is 77.8 cm³/mol. The van der Waals surface area contributed by atoms with Gasteiger partial charge >= 0.3 is 0 Å². The Labute approximate surface area is 124 Å². The molecule has 1 saturated heterocycles. The van der Waals surface area contributed by atoms with Crippen molar-refractivity contribution in [2.24, 2.45) is 0 Å². The van der Waals surface area contributed by atoms with Gasteiger partial charge in [0.05, 0.1) is 0 Å². The summed E-state index contributed by atoms with van der Waals surface area (Å²) >= 11 is 0. The molecule has 1 atom stereocenters. The van der Waals surface area contributed by atoms with Crippen LogP contribution in [-0.4, -0.2) is 51.0 Å². The van der Waals surface area contributed by atoms with Crippen LogP contribution in [0.15, 0.2) is 0 Å². The number of likely N-dealkylation sites (tertiary alicyclic amines) is 1. The first-order valence-corrected chi connectivity index (χ1v) is 7.51. The van der Waals surface area contributed by atoms with Crippen LogP contribution in [0.3, 0.4) is 0 Å². The third-order valence-corrected chi connectivity index (χ3v) is 3.64. The molecule has 1 fully saturated rings.